The van der Waals surface area contributed by atoms with Gasteiger partial charge in [-0.2, -0.15) is 5.26 Å². The van der Waals surface area contributed by atoms with E-state index < -0.39 is 0 Å². The second kappa shape index (κ2) is 6.53. The van der Waals surface area contributed by atoms with Crippen molar-refractivity contribution in [2.75, 3.05) is 37.0 Å². The lowest BCUT2D eigenvalue weighted by Gasteiger charge is -2.21. The molecule has 1 atom stereocenters. The molecule has 23 heavy (non-hydrogen) atoms. The lowest BCUT2D eigenvalue weighted by atomic mass is 10.2. The summed E-state index contributed by atoms with van der Waals surface area (Å²) < 4.78 is 6.14. The molecule has 1 saturated heterocycles. The Hall–Kier alpha value is -2.81. The van der Waals surface area contributed by atoms with Gasteiger partial charge < -0.3 is 14.5 Å². The zero-order valence-corrected chi connectivity index (χ0v) is 13.3. The molecule has 1 aliphatic rings. The largest absolute Gasteiger partial charge is 0.485 e. The number of aromatic nitrogens is 2. The Morgan fingerprint density at radius 2 is 2.04 bits per heavy atom. The van der Waals surface area contributed by atoms with Gasteiger partial charge in [-0.15, -0.1) is 0 Å². The van der Waals surface area contributed by atoms with Crippen LogP contribution in [0.4, 0.5) is 11.6 Å². The van der Waals surface area contributed by atoms with E-state index in [1.807, 2.05) is 31.1 Å². The molecule has 3 heterocycles. The summed E-state index contributed by atoms with van der Waals surface area (Å²) in [5.74, 6) is 2.34. The summed E-state index contributed by atoms with van der Waals surface area (Å²) in [4.78, 5) is 12.7. The first-order valence-corrected chi connectivity index (χ1v) is 7.58. The SMILES string of the molecule is CN(C)c1ncccc1O[C@H]1CCN(c2ncccc2C#N)C1. The summed E-state index contributed by atoms with van der Waals surface area (Å²) in [5.41, 5.74) is 0.600. The van der Waals surface area contributed by atoms with Crippen LogP contribution in [0.3, 0.4) is 0 Å². The highest BCUT2D eigenvalue weighted by Gasteiger charge is 2.27. The lowest BCUT2D eigenvalue weighted by molar-refractivity contribution is 0.225. The molecule has 0 N–H and O–H groups in total. The molecule has 0 spiro atoms. The quantitative estimate of drug-likeness (QED) is 0.861. The van der Waals surface area contributed by atoms with Crippen LogP contribution in [0.1, 0.15) is 12.0 Å². The van der Waals surface area contributed by atoms with E-state index in [2.05, 4.69) is 20.9 Å². The van der Waals surface area contributed by atoms with Gasteiger partial charge in [0.2, 0.25) is 0 Å². The average Bonchev–Trinajstić information content (AvgIpc) is 3.03. The van der Waals surface area contributed by atoms with Crippen molar-refractivity contribution in [3.8, 4) is 11.8 Å². The fraction of sp³-hybridized carbons (Fsp3) is 0.353. The minimum atomic E-state index is 0.0615. The number of hydrogen-bond donors (Lipinski definition) is 0. The molecule has 118 valence electrons. The van der Waals surface area contributed by atoms with Crippen LogP contribution in [0, 0.1) is 11.3 Å². The summed E-state index contributed by atoms with van der Waals surface area (Å²) in [5, 5.41) is 9.22. The van der Waals surface area contributed by atoms with E-state index in [0.717, 1.165) is 30.4 Å². The van der Waals surface area contributed by atoms with E-state index >= 15 is 0 Å². The Kier molecular flexibility index (Phi) is 4.29. The predicted molar refractivity (Wildman–Crippen MR) is 88.8 cm³/mol. The highest BCUT2D eigenvalue weighted by molar-refractivity contribution is 5.54. The van der Waals surface area contributed by atoms with E-state index in [1.54, 1.807) is 24.5 Å². The molecule has 2 aromatic rings. The monoisotopic (exact) mass is 309 g/mol. The maximum absolute atomic E-state index is 9.22. The summed E-state index contributed by atoms with van der Waals surface area (Å²) in [6.07, 6.45) is 4.43. The molecule has 0 radical (unpaired) electrons. The molecule has 6 nitrogen and oxygen atoms in total. The molecule has 0 amide bonds. The van der Waals surface area contributed by atoms with Gasteiger partial charge in [-0.1, -0.05) is 0 Å². The van der Waals surface area contributed by atoms with Gasteiger partial charge in [-0.25, -0.2) is 9.97 Å². The van der Waals surface area contributed by atoms with E-state index in [9.17, 15) is 5.26 Å². The van der Waals surface area contributed by atoms with Crippen molar-refractivity contribution < 1.29 is 4.74 Å². The summed E-state index contributed by atoms with van der Waals surface area (Å²) in [6.45, 7) is 1.54. The van der Waals surface area contributed by atoms with Crippen LogP contribution in [0.2, 0.25) is 0 Å². The van der Waals surface area contributed by atoms with Crippen LogP contribution in [-0.4, -0.2) is 43.3 Å². The standard InChI is InChI=1S/C17H19N5O/c1-21(2)17-15(6-4-9-20-17)23-14-7-10-22(12-14)16-13(11-18)5-3-8-19-16/h3-6,8-9,14H,7,10,12H2,1-2H3/t14-/m0/s1. The van der Waals surface area contributed by atoms with Gasteiger partial charge in [0, 0.05) is 39.5 Å². The second-order valence-corrected chi connectivity index (χ2v) is 5.68. The van der Waals surface area contributed by atoms with E-state index in [-0.39, 0.29) is 6.10 Å². The summed E-state index contributed by atoms with van der Waals surface area (Å²) in [7, 11) is 3.90. The first kappa shape index (κ1) is 15.1. The van der Waals surface area contributed by atoms with Crippen LogP contribution in [0.5, 0.6) is 5.75 Å². The van der Waals surface area contributed by atoms with E-state index in [0.29, 0.717) is 12.1 Å². The van der Waals surface area contributed by atoms with Gasteiger partial charge in [0.05, 0.1) is 12.1 Å². The molecular weight excluding hydrogens is 290 g/mol. The highest BCUT2D eigenvalue weighted by Crippen LogP contribution is 2.28. The van der Waals surface area contributed by atoms with Gasteiger partial charge >= 0.3 is 0 Å². The average molecular weight is 309 g/mol. The summed E-state index contributed by atoms with van der Waals surface area (Å²) >= 11 is 0. The Labute approximate surface area is 136 Å². The molecule has 2 aromatic heterocycles. The minimum Gasteiger partial charge on any atom is -0.485 e. The van der Waals surface area contributed by atoms with Crippen molar-refractivity contribution in [3.05, 3.63) is 42.2 Å². The Balaban J connectivity index is 1.73. The normalized spacial score (nSPS) is 16.9. The second-order valence-electron chi connectivity index (χ2n) is 5.68. The fourth-order valence-electron chi connectivity index (χ4n) is 2.74. The number of anilines is 2. The van der Waals surface area contributed by atoms with Gasteiger partial charge in [-0.3, -0.25) is 0 Å². The molecule has 3 rings (SSSR count). The van der Waals surface area contributed by atoms with Gasteiger partial charge in [0.25, 0.3) is 0 Å². The third-order valence-electron chi connectivity index (χ3n) is 3.82. The first-order valence-electron chi connectivity index (χ1n) is 7.58. The van der Waals surface area contributed by atoms with Crippen molar-refractivity contribution in [2.45, 2.75) is 12.5 Å². The van der Waals surface area contributed by atoms with Crippen molar-refractivity contribution in [1.82, 2.24) is 9.97 Å². The first-order chi connectivity index (χ1) is 11.2. The van der Waals surface area contributed by atoms with Crippen molar-refractivity contribution in [2.24, 2.45) is 0 Å². The topological polar surface area (TPSA) is 65.3 Å². The maximum Gasteiger partial charge on any atom is 0.170 e. The molecule has 0 bridgehead atoms. The minimum absolute atomic E-state index is 0.0615. The predicted octanol–water partition coefficient (Wildman–Crippen LogP) is 2.07. The van der Waals surface area contributed by atoms with Crippen molar-refractivity contribution in [3.63, 3.8) is 0 Å². The van der Waals surface area contributed by atoms with E-state index in [4.69, 9.17) is 4.74 Å². The third kappa shape index (κ3) is 3.19. The molecular formula is C17H19N5O. The van der Waals surface area contributed by atoms with Crippen molar-refractivity contribution in [1.29, 1.82) is 5.26 Å². The Morgan fingerprint density at radius 1 is 1.26 bits per heavy atom. The molecule has 1 fully saturated rings. The Bertz CT molecular complexity index is 725. The fourth-order valence-corrected chi connectivity index (χ4v) is 2.74. The zero-order chi connectivity index (χ0) is 16.2. The third-order valence-corrected chi connectivity index (χ3v) is 3.82. The number of hydrogen-bond acceptors (Lipinski definition) is 6. The van der Waals surface area contributed by atoms with Crippen LogP contribution in [0.15, 0.2) is 36.7 Å². The smallest absolute Gasteiger partial charge is 0.170 e. The molecule has 0 unspecified atom stereocenters. The van der Waals surface area contributed by atoms with Crippen LogP contribution < -0.4 is 14.5 Å². The Morgan fingerprint density at radius 3 is 2.83 bits per heavy atom. The lowest BCUT2D eigenvalue weighted by Crippen LogP contribution is -2.26. The van der Waals surface area contributed by atoms with Crippen LogP contribution in [-0.2, 0) is 0 Å². The molecule has 0 aliphatic carbocycles. The maximum atomic E-state index is 9.22. The molecule has 0 saturated carbocycles. The summed E-state index contributed by atoms with van der Waals surface area (Å²) in [6, 6.07) is 9.59. The molecule has 6 heteroatoms. The highest BCUT2D eigenvalue weighted by atomic mass is 16.5. The van der Waals surface area contributed by atoms with Crippen molar-refractivity contribution >= 4 is 11.6 Å². The number of nitriles is 1. The van der Waals surface area contributed by atoms with Crippen LogP contribution in [0.25, 0.3) is 0 Å². The zero-order valence-electron chi connectivity index (χ0n) is 13.3. The van der Waals surface area contributed by atoms with Gasteiger partial charge in [0.1, 0.15) is 18.0 Å². The number of nitrogens with zero attached hydrogens (tertiary/aromatic N) is 5. The number of rotatable bonds is 4. The number of ether oxygens (including phenoxy) is 1. The van der Waals surface area contributed by atoms with Gasteiger partial charge in [0.15, 0.2) is 11.6 Å². The van der Waals surface area contributed by atoms with E-state index in [1.165, 1.54) is 0 Å². The number of pyridine rings is 2. The molecule has 0 aromatic carbocycles. The molecule has 1 aliphatic heterocycles. The van der Waals surface area contributed by atoms with Gasteiger partial charge in [-0.05, 0) is 24.3 Å². The van der Waals surface area contributed by atoms with Crippen LogP contribution >= 0.6 is 0 Å².